The van der Waals surface area contributed by atoms with Gasteiger partial charge < -0.3 is 11.1 Å². The summed E-state index contributed by atoms with van der Waals surface area (Å²) in [6.45, 7) is 5.45. The number of benzene rings is 1. The van der Waals surface area contributed by atoms with E-state index in [1.807, 2.05) is 36.4 Å². The quantitative estimate of drug-likeness (QED) is 0.621. The first-order chi connectivity index (χ1) is 10.1. The first-order valence-electron chi connectivity index (χ1n) is 6.61. The van der Waals surface area contributed by atoms with Gasteiger partial charge in [-0.15, -0.1) is 0 Å². The van der Waals surface area contributed by atoms with Crippen molar-refractivity contribution >= 4 is 11.6 Å². The summed E-state index contributed by atoms with van der Waals surface area (Å²) in [6.07, 6.45) is 5.10. The standard InChI is InChI=1S/C17H19N3O/c1-3-13(16(19)10-11-18)12-14(4-2)17(21)20-15-8-6-5-7-9-15/h3-9,12,16H,1,10,19H2,2H3,(H,20,21)/b13-12+,14-4+. The molecule has 4 nitrogen and oxygen atoms in total. The Morgan fingerprint density at radius 1 is 1.48 bits per heavy atom. The van der Waals surface area contributed by atoms with Gasteiger partial charge in [0.05, 0.1) is 12.5 Å². The number of hydrogen-bond acceptors (Lipinski definition) is 3. The maximum Gasteiger partial charge on any atom is 0.255 e. The number of amides is 1. The van der Waals surface area contributed by atoms with Crippen molar-refractivity contribution in [2.24, 2.45) is 5.73 Å². The molecule has 0 aromatic heterocycles. The first kappa shape index (κ1) is 16.4. The number of hydrogen-bond donors (Lipinski definition) is 2. The molecule has 1 atom stereocenters. The minimum Gasteiger partial charge on any atom is -0.323 e. The molecule has 1 amide bonds. The van der Waals surface area contributed by atoms with Crippen LogP contribution in [0.4, 0.5) is 5.69 Å². The average molecular weight is 281 g/mol. The lowest BCUT2D eigenvalue weighted by atomic mass is 10.0. The molecule has 0 spiro atoms. The van der Waals surface area contributed by atoms with E-state index in [0.29, 0.717) is 11.1 Å². The molecule has 0 heterocycles. The van der Waals surface area contributed by atoms with Crippen LogP contribution < -0.4 is 11.1 Å². The van der Waals surface area contributed by atoms with Gasteiger partial charge >= 0.3 is 0 Å². The zero-order valence-electron chi connectivity index (χ0n) is 12.0. The molecule has 3 N–H and O–H groups in total. The third kappa shape index (κ3) is 5.09. The van der Waals surface area contributed by atoms with Crippen LogP contribution in [-0.2, 0) is 4.79 Å². The number of nitrogens with two attached hydrogens (primary N) is 1. The number of carbonyl (C=O) groups is 1. The van der Waals surface area contributed by atoms with Gasteiger partial charge in [-0.1, -0.05) is 36.9 Å². The molecule has 0 saturated heterocycles. The van der Waals surface area contributed by atoms with Crippen LogP contribution in [0.2, 0.25) is 0 Å². The number of para-hydroxylation sites is 1. The van der Waals surface area contributed by atoms with Crippen molar-refractivity contribution in [1.82, 2.24) is 0 Å². The molecule has 0 aliphatic rings. The van der Waals surface area contributed by atoms with Crippen molar-refractivity contribution in [1.29, 1.82) is 5.26 Å². The second kappa shape index (κ2) is 8.51. The number of carbonyl (C=O) groups excluding carboxylic acids is 1. The van der Waals surface area contributed by atoms with E-state index in [1.165, 1.54) is 0 Å². The molecule has 1 aromatic carbocycles. The van der Waals surface area contributed by atoms with Crippen LogP contribution in [0.3, 0.4) is 0 Å². The van der Waals surface area contributed by atoms with E-state index in [2.05, 4.69) is 11.9 Å². The van der Waals surface area contributed by atoms with Crippen LogP contribution in [0.25, 0.3) is 0 Å². The third-order valence-corrected chi connectivity index (χ3v) is 2.90. The molecule has 0 fully saturated rings. The Balaban J connectivity index is 2.90. The highest BCUT2D eigenvalue weighted by Crippen LogP contribution is 2.13. The lowest BCUT2D eigenvalue weighted by molar-refractivity contribution is -0.112. The lowest BCUT2D eigenvalue weighted by Gasteiger charge is -2.11. The summed E-state index contributed by atoms with van der Waals surface area (Å²) in [7, 11) is 0. The molecule has 1 aromatic rings. The largest absolute Gasteiger partial charge is 0.323 e. The molecular formula is C17H19N3O. The van der Waals surface area contributed by atoms with E-state index in [4.69, 9.17) is 11.0 Å². The Bertz CT molecular complexity index is 594. The summed E-state index contributed by atoms with van der Waals surface area (Å²) in [5.74, 6) is -0.229. The van der Waals surface area contributed by atoms with Crippen molar-refractivity contribution in [3.8, 4) is 6.07 Å². The maximum absolute atomic E-state index is 12.2. The minimum atomic E-state index is -0.452. The third-order valence-electron chi connectivity index (χ3n) is 2.90. The van der Waals surface area contributed by atoms with Gasteiger partial charge in [0, 0.05) is 17.3 Å². The van der Waals surface area contributed by atoms with Crippen molar-refractivity contribution in [3.63, 3.8) is 0 Å². The molecule has 1 unspecified atom stereocenters. The van der Waals surface area contributed by atoms with Crippen LogP contribution in [-0.4, -0.2) is 11.9 Å². The fourth-order valence-corrected chi connectivity index (χ4v) is 1.72. The summed E-state index contributed by atoms with van der Waals surface area (Å²) in [5.41, 5.74) is 7.73. The van der Waals surface area contributed by atoms with Crippen LogP contribution >= 0.6 is 0 Å². The zero-order chi connectivity index (χ0) is 15.7. The lowest BCUT2D eigenvalue weighted by Crippen LogP contribution is -2.22. The van der Waals surface area contributed by atoms with Gasteiger partial charge in [0.25, 0.3) is 5.91 Å². The maximum atomic E-state index is 12.2. The van der Waals surface area contributed by atoms with E-state index >= 15 is 0 Å². The van der Waals surface area contributed by atoms with Crippen molar-refractivity contribution in [2.45, 2.75) is 19.4 Å². The molecule has 0 saturated carbocycles. The normalized spacial score (nSPS) is 13.2. The summed E-state index contributed by atoms with van der Waals surface area (Å²) >= 11 is 0. The van der Waals surface area contributed by atoms with Crippen molar-refractivity contribution in [3.05, 3.63) is 66.3 Å². The summed E-state index contributed by atoms with van der Waals surface area (Å²) in [6, 6.07) is 10.7. The van der Waals surface area contributed by atoms with E-state index in [-0.39, 0.29) is 12.3 Å². The monoisotopic (exact) mass is 281 g/mol. The van der Waals surface area contributed by atoms with Gasteiger partial charge in [-0.25, -0.2) is 0 Å². The van der Waals surface area contributed by atoms with Crippen molar-refractivity contribution < 1.29 is 4.79 Å². The topological polar surface area (TPSA) is 78.9 Å². The summed E-state index contributed by atoms with van der Waals surface area (Å²) < 4.78 is 0. The summed E-state index contributed by atoms with van der Waals surface area (Å²) in [4.78, 5) is 12.2. The Labute approximate surface area is 125 Å². The number of nitrogens with one attached hydrogen (secondary N) is 1. The summed E-state index contributed by atoms with van der Waals surface area (Å²) in [5, 5.41) is 11.5. The molecule has 1 rings (SSSR count). The second-order valence-corrected chi connectivity index (χ2v) is 4.38. The number of nitriles is 1. The molecule has 0 aliphatic carbocycles. The van der Waals surface area contributed by atoms with Crippen molar-refractivity contribution in [2.75, 3.05) is 5.32 Å². The Morgan fingerprint density at radius 2 is 2.14 bits per heavy atom. The Hall–Kier alpha value is -2.64. The number of nitrogens with zero attached hydrogens (tertiary/aromatic N) is 1. The molecular weight excluding hydrogens is 262 g/mol. The first-order valence-corrected chi connectivity index (χ1v) is 6.61. The number of rotatable bonds is 6. The fourth-order valence-electron chi connectivity index (χ4n) is 1.72. The Kier molecular flexibility index (Phi) is 6.66. The van der Waals surface area contributed by atoms with Crippen LogP contribution in [0.5, 0.6) is 0 Å². The predicted molar refractivity (Wildman–Crippen MR) is 85.3 cm³/mol. The van der Waals surface area contributed by atoms with Crippen LogP contribution in [0, 0.1) is 11.3 Å². The highest BCUT2D eigenvalue weighted by atomic mass is 16.1. The van der Waals surface area contributed by atoms with Gasteiger partial charge in [0.15, 0.2) is 0 Å². The highest BCUT2D eigenvalue weighted by Gasteiger charge is 2.11. The highest BCUT2D eigenvalue weighted by molar-refractivity contribution is 6.05. The van der Waals surface area contributed by atoms with Crippen LogP contribution in [0.1, 0.15) is 13.3 Å². The fraction of sp³-hybridized carbons (Fsp3) is 0.176. The van der Waals surface area contributed by atoms with E-state index < -0.39 is 6.04 Å². The molecule has 0 radical (unpaired) electrons. The van der Waals surface area contributed by atoms with Gasteiger partial charge in [0.2, 0.25) is 0 Å². The SMILES string of the molecule is C=C/C(=C\C(=C/C)C(=O)Nc1ccccc1)C(N)CC#N. The molecule has 21 heavy (non-hydrogen) atoms. The van der Waals surface area contributed by atoms with E-state index in [1.54, 1.807) is 25.2 Å². The van der Waals surface area contributed by atoms with Gasteiger partial charge in [0.1, 0.15) is 0 Å². The molecule has 0 aliphatic heterocycles. The molecule has 0 bridgehead atoms. The Morgan fingerprint density at radius 3 is 2.67 bits per heavy atom. The van der Waals surface area contributed by atoms with E-state index in [0.717, 1.165) is 5.69 Å². The average Bonchev–Trinajstić information content (AvgIpc) is 2.49. The smallest absolute Gasteiger partial charge is 0.255 e. The molecule has 4 heteroatoms. The number of anilines is 1. The number of allylic oxidation sites excluding steroid dienone is 1. The van der Waals surface area contributed by atoms with Gasteiger partial charge in [-0.2, -0.15) is 5.26 Å². The predicted octanol–water partition coefficient (Wildman–Crippen LogP) is 2.92. The molecule has 108 valence electrons. The van der Waals surface area contributed by atoms with Crippen LogP contribution in [0.15, 0.2) is 66.3 Å². The minimum absolute atomic E-state index is 0.176. The second-order valence-electron chi connectivity index (χ2n) is 4.38. The van der Waals surface area contributed by atoms with Gasteiger partial charge in [-0.3, -0.25) is 4.79 Å². The van der Waals surface area contributed by atoms with E-state index in [9.17, 15) is 4.79 Å². The zero-order valence-corrected chi connectivity index (χ0v) is 12.0. The van der Waals surface area contributed by atoms with Gasteiger partial charge in [-0.05, 0) is 30.7 Å².